The number of hydrogen-bond acceptors (Lipinski definition) is 4. The van der Waals surface area contributed by atoms with Crippen molar-refractivity contribution in [2.45, 2.75) is 57.2 Å². The van der Waals surface area contributed by atoms with E-state index < -0.39 is 18.2 Å². The maximum absolute atomic E-state index is 12.2. The molecule has 5 heteroatoms. The van der Waals surface area contributed by atoms with Crippen LogP contribution in [0, 0.1) is 11.8 Å². The molecule has 28 heavy (non-hydrogen) atoms. The van der Waals surface area contributed by atoms with Crippen LogP contribution in [0.1, 0.15) is 44.1 Å². The van der Waals surface area contributed by atoms with E-state index in [9.17, 15) is 19.8 Å². The highest BCUT2D eigenvalue weighted by molar-refractivity contribution is 5.84. The number of ketones is 1. The summed E-state index contributed by atoms with van der Waals surface area (Å²) >= 11 is 0. The molecule has 152 valence electrons. The molecule has 5 nitrogen and oxygen atoms in total. The van der Waals surface area contributed by atoms with Crippen LogP contribution >= 0.6 is 0 Å². The first-order valence-corrected chi connectivity index (χ1v) is 9.95. The Hall–Kier alpha value is -2.24. The van der Waals surface area contributed by atoms with Crippen LogP contribution in [0.4, 0.5) is 0 Å². The Bertz CT molecular complexity index is 679. The van der Waals surface area contributed by atoms with E-state index in [1.807, 2.05) is 42.5 Å². The van der Waals surface area contributed by atoms with Gasteiger partial charge in [0.25, 0.3) is 0 Å². The predicted molar refractivity (Wildman–Crippen MR) is 108 cm³/mol. The molecule has 0 spiro atoms. The largest absolute Gasteiger partial charge is 0.481 e. The minimum Gasteiger partial charge on any atom is -0.481 e. The van der Waals surface area contributed by atoms with Gasteiger partial charge in [0.05, 0.1) is 12.2 Å². The molecule has 1 aromatic rings. The summed E-state index contributed by atoms with van der Waals surface area (Å²) in [6.07, 6.45) is 9.34. The summed E-state index contributed by atoms with van der Waals surface area (Å²) < 4.78 is 0. The van der Waals surface area contributed by atoms with Gasteiger partial charge >= 0.3 is 5.97 Å². The Kier molecular flexibility index (Phi) is 9.11. The van der Waals surface area contributed by atoms with E-state index in [0.717, 1.165) is 12.0 Å². The summed E-state index contributed by atoms with van der Waals surface area (Å²) in [5.41, 5.74) is 1.16. The summed E-state index contributed by atoms with van der Waals surface area (Å²) in [5.74, 6) is -1.35. The molecule has 0 amide bonds. The average Bonchev–Trinajstić information content (AvgIpc) is 2.94. The zero-order valence-corrected chi connectivity index (χ0v) is 16.1. The number of carbonyl (C=O) groups is 2. The minimum absolute atomic E-state index is 0.0381. The highest BCUT2D eigenvalue weighted by Gasteiger charge is 2.39. The van der Waals surface area contributed by atoms with Crippen molar-refractivity contribution in [3.63, 3.8) is 0 Å². The van der Waals surface area contributed by atoms with Crippen LogP contribution in [-0.4, -0.2) is 39.3 Å². The smallest absolute Gasteiger partial charge is 0.303 e. The number of aliphatic carboxylic acids is 1. The number of aliphatic hydroxyl groups is 2. The zero-order valence-electron chi connectivity index (χ0n) is 16.1. The number of allylic oxidation sites excluding steroid dienone is 2. The van der Waals surface area contributed by atoms with Crippen molar-refractivity contribution >= 4 is 11.8 Å². The molecule has 1 aliphatic carbocycles. The van der Waals surface area contributed by atoms with Crippen molar-refractivity contribution in [1.29, 1.82) is 0 Å². The Morgan fingerprint density at radius 1 is 1.21 bits per heavy atom. The maximum atomic E-state index is 12.2. The molecule has 0 aromatic heterocycles. The molecule has 2 rings (SSSR count). The third-order valence-corrected chi connectivity index (χ3v) is 5.18. The van der Waals surface area contributed by atoms with E-state index >= 15 is 0 Å². The van der Waals surface area contributed by atoms with E-state index in [1.54, 1.807) is 12.2 Å². The number of carboxylic acids is 1. The molecule has 0 saturated heterocycles. The number of benzene rings is 1. The first-order valence-electron chi connectivity index (χ1n) is 9.95. The summed E-state index contributed by atoms with van der Waals surface area (Å²) in [6, 6.07) is 9.94. The Morgan fingerprint density at radius 3 is 2.68 bits per heavy atom. The monoisotopic (exact) mass is 386 g/mol. The van der Waals surface area contributed by atoms with Gasteiger partial charge in [-0.1, -0.05) is 54.6 Å². The van der Waals surface area contributed by atoms with Crippen LogP contribution in [0.5, 0.6) is 0 Å². The first kappa shape index (κ1) is 22.1. The fourth-order valence-corrected chi connectivity index (χ4v) is 3.57. The van der Waals surface area contributed by atoms with Crippen LogP contribution in [0.2, 0.25) is 0 Å². The number of aryl methyl sites for hydroxylation is 1. The molecule has 0 aliphatic heterocycles. The molecule has 0 heterocycles. The number of hydrogen-bond donors (Lipinski definition) is 3. The second-order valence-electron chi connectivity index (χ2n) is 7.39. The summed E-state index contributed by atoms with van der Waals surface area (Å²) in [4.78, 5) is 22.7. The van der Waals surface area contributed by atoms with Crippen molar-refractivity contribution in [2.75, 3.05) is 0 Å². The lowest BCUT2D eigenvalue weighted by Crippen LogP contribution is -2.19. The lowest BCUT2D eigenvalue weighted by atomic mass is 9.90. The zero-order chi connectivity index (χ0) is 20.4. The molecule has 1 fully saturated rings. The van der Waals surface area contributed by atoms with Crippen molar-refractivity contribution in [1.82, 2.24) is 0 Å². The first-order chi connectivity index (χ1) is 13.5. The second kappa shape index (κ2) is 11.6. The van der Waals surface area contributed by atoms with Gasteiger partial charge in [-0.3, -0.25) is 9.59 Å². The molecule has 0 radical (unpaired) electrons. The summed E-state index contributed by atoms with van der Waals surface area (Å²) in [5, 5.41) is 29.0. The lowest BCUT2D eigenvalue weighted by Gasteiger charge is -2.16. The summed E-state index contributed by atoms with van der Waals surface area (Å²) in [6.45, 7) is 0. The van der Waals surface area contributed by atoms with E-state index in [1.165, 1.54) is 0 Å². The number of rotatable bonds is 11. The van der Waals surface area contributed by atoms with Crippen LogP contribution in [0.25, 0.3) is 0 Å². The molecule has 0 bridgehead atoms. The van der Waals surface area contributed by atoms with Crippen molar-refractivity contribution in [2.24, 2.45) is 11.8 Å². The fourth-order valence-electron chi connectivity index (χ4n) is 3.57. The highest BCUT2D eigenvalue weighted by atomic mass is 16.4. The molecule has 1 aromatic carbocycles. The molecule has 1 saturated carbocycles. The normalized spacial score (nSPS) is 23.6. The van der Waals surface area contributed by atoms with Gasteiger partial charge in [0.2, 0.25) is 0 Å². The van der Waals surface area contributed by atoms with E-state index in [2.05, 4.69) is 0 Å². The second-order valence-corrected chi connectivity index (χ2v) is 7.39. The number of aliphatic hydroxyl groups excluding tert-OH is 2. The van der Waals surface area contributed by atoms with Gasteiger partial charge in [0.1, 0.15) is 5.78 Å². The third-order valence-electron chi connectivity index (χ3n) is 5.18. The van der Waals surface area contributed by atoms with Crippen LogP contribution in [0.3, 0.4) is 0 Å². The van der Waals surface area contributed by atoms with Gasteiger partial charge in [-0.25, -0.2) is 0 Å². The standard InChI is InChI=1S/C23H30O5/c24-18(13-12-17-8-4-3-5-9-17)14-15-20-19(21(25)16-22(20)26)10-6-1-2-7-11-23(27)28/h1,3-6,8-9,14-15,18-20,22,24,26H,2,7,10-13,16H2,(H,27,28)/b6-1-,15-14-/t18-,19+,20+,22+/m0/s1. The molecule has 1 aliphatic rings. The quantitative estimate of drug-likeness (QED) is 0.401. The van der Waals surface area contributed by atoms with Crippen molar-refractivity contribution in [3.8, 4) is 0 Å². The minimum atomic E-state index is -0.807. The molecule has 0 unspecified atom stereocenters. The fraction of sp³-hybridized carbons (Fsp3) is 0.478. The van der Waals surface area contributed by atoms with Crippen molar-refractivity contribution in [3.05, 3.63) is 60.2 Å². The maximum Gasteiger partial charge on any atom is 0.303 e. The van der Waals surface area contributed by atoms with Crippen molar-refractivity contribution < 1.29 is 24.9 Å². The Labute approximate surface area is 166 Å². The van der Waals surface area contributed by atoms with Gasteiger partial charge in [0, 0.05) is 24.7 Å². The highest BCUT2D eigenvalue weighted by Crippen LogP contribution is 2.33. The van der Waals surface area contributed by atoms with Gasteiger partial charge < -0.3 is 15.3 Å². The van der Waals surface area contributed by atoms with E-state index in [0.29, 0.717) is 25.7 Å². The Balaban J connectivity index is 1.82. The molecule has 3 N–H and O–H groups in total. The van der Waals surface area contributed by atoms with Gasteiger partial charge in [-0.2, -0.15) is 0 Å². The number of carboxylic acid groups (broad SMARTS) is 1. The van der Waals surface area contributed by atoms with E-state index in [4.69, 9.17) is 5.11 Å². The SMILES string of the molecule is O=C(O)CCC/C=C\C[C@H]1C(=O)C[C@@H](O)[C@@H]1/C=C\[C@@H](O)CCc1ccccc1. The van der Waals surface area contributed by atoms with Gasteiger partial charge in [0.15, 0.2) is 0 Å². The predicted octanol–water partition coefficient (Wildman–Crippen LogP) is 3.30. The van der Waals surface area contributed by atoms with Crippen LogP contribution < -0.4 is 0 Å². The topological polar surface area (TPSA) is 94.8 Å². The number of Topliss-reactive ketones (excluding diaryl/α,β-unsaturated/α-hetero) is 1. The molecular weight excluding hydrogens is 356 g/mol. The summed E-state index contributed by atoms with van der Waals surface area (Å²) in [7, 11) is 0. The molecule has 4 atom stereocenters. The van der Waals surface area contributed by atoms with Gasteiger partial charge in [-0.05, 0) is 37.7 Å². The Morgan fingerprint density at radius 2 is 1.96 bits per heavy atom. The van der Waals surface area contributed by atoms with Gasteiger partial charge in [-0.15, -0.1) is 0 Å². The number of carbonyl (C=O) groups excluding carboxylic acids is 1. The average molecular weight is 386 g/mol. The lowest BCUT2D eigenvalue weighted by molar-refractivity contribution is -0.137. The molecular formula is C23H30O5. The number of unbranched alkanes of at least 4 members (excludes halogenated alkanes) is 1. The van der Waals surface area contributed by atoms with E-state index in [-0.39, 0.29) is 30.5 Å². The third kappa shape index (κ3) is 7.41. The van der Waals surface area contributed by atoms with Crippen LogP contribution in [0.15, 0.2) is 54.6 Å². The van der Waals surface area contributed by atoms with Crippen LogP contribution in [-0.2, 0) is 16.0 Å².